The van der Waals surface area contributed by atoms with Crippen LogP contribution in [0.2, 0.25) is 5.02 Å². The van der Waals surface area contributed by atoms with Gasteiger partial charge in [0.1, 0.15) is 18.9 Å². The summed E-state index contributed by atoms with van der Waals surface area (Å²) in [5, 5.41) is 4.59. The number of benzene rings is 2. The Labute approximate surface area is 289 Å². The third-order valence-corrected chi connectivity index (χ3v) is 9.12. The first-order valence-electron chi connectivity index (χ1n) is 15.9. The molecule has 0 atom stereocenters. The fourth-order valence-electron chi connectivity index (χ4n) is 5.83. The number of hydrazine groups is 1. The quantitative estimate of drug-likeness (QED) is 0.119. The number of halogens is 3. The number of fused-ring (bicyclic) bond motifs is 2. The Morgan fingerprint density at radius 3 is 2.38 bits per heavy atom. The van der Waals surface area contributed by atoms with Gasteiger partial charge in [0, 0.05) is 34.6 Å². The lowest BCUT2D eigenvalue weighted by Crippen LogP contribution is -3.00. The molecule has 0 fully saturated rings. The number of hydrogen-bond acceptors (Lipinski definition) is 5. The molecule has 11 heteroatoms. The minimum Gasteiger partial charge on any atom is -1.00 e. The van der Waals surface area contributed by atoms with Crippen LogP contribution in [0, 0.1) is 0 Å². The number of amides is 2. The molecule has 248 valence electrons. The number of likely N-dealkylation sites (N-methyl/N-ethyl adjacent to an activating group) is 1. The molecule has 2 aromatic carbocycles. The molecular formula is C34H48BrCl2N5O3. The lowest BCUT2D eigenvalue weighted by Gasteiger charge is -2.35. The number of rotatable bonds is 16. The smallest absolute Gasteiger partial charge is 0.251 e. The molecule has 0 saturated heterocycles. The number of hydrogen-bond donors (Lipinski definition) is 3. The Kier molecular flexibility index (Phi) is 16.4. The third kappa shape index (κ3) is 10.7. The van der Waals surface area contributed by atoms with Crippen molar-refractivity contribution in [1.29, 1.82) is 0 Å². The second-order valence-corrected chi connectivity index (χ2v) is 11.8. The van der Waals surface area contributed by atoms with Crippen LogP contribution in [-0.2, 0) is 17.6 Å². The molecule has 3 aromatic rings. The van der Waals surface area contributed by atoms with Gasteiger partial charge in [-0.2, -0.15) is 0 Å². The van der Waals surface area contributed by atoms with Crippen molar-refractivity contribution in [2.24, 2.45) is 0 Å². The predicted octanol–water partition coefficient (Wildman–Crippen LogP) is 3.88. The number of unbranched alkanes of at least 4 members (excludes halogenated alkanes) is 2. The van der Waals surface area contributed by atoms with Crippen molar-refractivity contribution in [3.63, 3.8) is 0 Å². The maximum absolute atomic E-state index is 12.6. The SMILES string of the molecule is CC[N+](CC)(CC)CCOc1ccc(C(=O)NCCCCCC(=O)NNc2c3c(nc4cc(Cl)ccc24)CCCC3)cc1.Cl.[Br-]. The summed E-state index contributed by atoms with van der Waals surface area (Å²) in [4.78, 5) is 30.0. The summed E-state index contributed by atoms with van der Waals surface area (Å²) in [5.41, 5.74) is 10.7. The van der Waals surface area contributed by atoms with Gasteiger partial charge in [-0.25, -0.2) is 0 Å². The summed E-state index contributed by atoms with van der Waals surface area (Å²) in [7, 11) is 0. The van der Waals surface area contributed by atoms with Gasteiger partial charge in [-0.1, -0.05) is 18.0 Å². The van der Waals surface area contributed by atoms with E-state index in [9.17, 15) is 9.59 Å². The zero-order valence-electron chi connectivity index (χ0n) is 26.7. The van der Waals surface area contributed by atoms with Gasteiger partial charge in [-0.15, -0.1) is 12.4 Å². The Bertz CT molecular complexity index is 1380. The Balaban J connectivity index is 0.00000353. The summed E-state index contributed by atoms with van der Waals surface area (Å²) in [6, 6.07) is 13.0. The molecule has 0 radical (unpaired) electrons. The van der Waals surface area contributed by atoms with Crippen LogP contribution in [0.4, 0.5) is 5.69 Å². The van der Waals surface area contributed by atoms with Gasteiger partial charge in [0.2, 0.25) is 5.91 Å². The van der Waals surface area contributed by atoms with E-state index >= 15 is 0 Å². The molecule has 2 amide bonds. The summed E-state index contributed by atoms with van der Waals surface area (Å²) in [6.45, 7) is 12.2. The second kappa shape index (κ2) is 19.2. The van der Waals surface area contributed by atoms with Gasteiger partial charge in [0.25, 0.3) is 5.91 Å². The normalized spacial score (nSPS) is 12.4. The molecule has 0 aliphatic heterocycles. The molecule has 0 unspecified atom stereocenters. The van der Waals surface area contributed by atoms with E-state index in [-0.39, 0.29) is 41.2 Å². The standard InChI is InChI=1S/C34H46ClN5O3.BrH.ClH/c1-4-40(5-2,6-3)22-23-43-27-18-15-25(16-19-27)34(42)36-21-11-7-8-14-32(41)38-39-33-28-12-9-10-13-30(28)37-31-24-26(35)17-20-29(31)33;;/h15-20,24H,4-14,21-23H2,1-3H3,(H2-,36,37,38,39,41,42);2*1H. The van der Waals surface area contributed by atoms with Gasteiger partial charge in [-0.05, 0) is 107 Å². The van der Waals surface area contributed by atoms with Crippen LogP contribution >= 0.6 is 24.0 Å². The van der Waals surface area contributed by atoms with Crippen LogP contribution in [-0.4, -0.2) is 60.6 Å². The molecule has 1 aromatic heterocycles. The highest BCUT2D eigenvalue weighted by Crippen LogP contribution is 2.34. The molecule has 4 rings (SSSR count). The van der Waals surface area contributed by atoms with Crippen LogP contribution in [0.25, 0.3) is 10.9 Å². The van der Waals surface area contributed by atoms with Crippen LogP contribution < -0.4 is 37.9 Å². The topological polar surface area (TPSA) is 92.3 Å². The van der Waals surface area contributed by atoms with Gasteiger partial charge >= 0.3 is 0 Å². The number of carbonyl (C=O) groups excluding carboxylic acids is 2. The summed E-state index contributed by atoms with van der Waals surface area (Å²) < 4.78 is 6.99. The van der Waals surface area contributed by atoms with E-state index in [1.54, 1.807) is 12.1 Å². The van der Waals surface area contributed by atoms with E-state index in [1.165, 1.54) is 5.56 Å². The fraction of sp³-hybridized carbons (Fsp3) is 0.500. The Morgan fingerprint density at radius 2 is 1.67 bits per heavy atom. The number of nitrogens with one attached hydrogen (secondary N) is 3. The third-order valence-electron chi connectivity index (χ3n) is 8.88. The van der Waals surface area contributed by atoms with Crippen molar-refractivity contribution in [3.8, 4) is 5.75 Å². The number of nitrogens with zero attached hydrogens (tertiary/aromatic N) is 2. The Morgan fingerprint density at radius 1 is 0.956 bits per heavy atom. The fourth-order valence-corrected chi connectivity index (χ4v) is 6.00. The van der Waals surface area contributed by atoms with Crippen LogP contribution in [0.3, 0.4) is 0 Å². The molecule has 0 saturated carbocycles. The minimum absolute atomic E-state index is 0. The molecule has 1 aliphatic rings. The van der Waals surface area contributed by atoms with Gasteiger partial charge in [0.05, 0.1) is 30.8 Å². The zero-order valence-corrected chi connectivity index (χ0v) is 29.9. The summed E-state index contributed by atoms with van der Waals surface area (Å²) in [6.07, 6.45) is 6.93. The number of aromatic nitrogens is 1. The van der Waals surface area contributed by atoms with Crippen molar-refractivity contribution in [3.05, 3.63) is 64.3 Å². The van der Waals surface area contributed by atoms with E-state index in [2.05, 4.69) is 36.9 Å². The molecule has 8 nitrogen and oxygen atoms in total. The molecule has 45 heavy (non-hydrogen) atoms. The highest BCUT2D eigenvalue weighted by Gasteiger charge is 2.21. The maximum Gasteiger partial charge on any atom is 0.251 e. The summed E-state index contributed by atoms with van der Waals surface area (Å²) in [5.74, 6) is 0.631. The molecular weight excluding hydrogens is 677 g/mol. The molecule has 0 spiro atoms. The van der Waals surface area contributed by atoms with Crippen molar-refractivity contribution < 1.29 is 35.8 Å². The molecule has 1 aliphatic carbocycles. The molecule has 1 heterocycles. The summed E-state index contributed by atoms with van der Waals surface area (Å²) >= 11 is 6.21. The van der Waals surface area contributed by atoms with E-state index in [0.717, 1.165) is 104 Å². The predicted molar refractivity (Wildman–Crippen MR) is 182 cm³/mol. The first-order chi connectivity index (χ1) is 20.9. The minimum atomic E-state index is -0.0960. The second-order valence-electron chi connectivity index (χ2n) is 11.4. The average molecular weight is 726 g/mol. The monoisotopic (exact) mass is 723 g/mol. The first-order valence-corrected chi connectivity index (χ1v) is 16.3. The van der Waals surface area contributed by atoms with Crippen LogP contribution in [0.5, 0.6) is 5.75 Å². The average Bonchev–Trinajstić information content (AvgIpc) is 3.03. The zero-order chi connectivity index (χ0) is 30.7. The van der Waals surface area contributed by atoms with Gasteiger partial charge in [0.15, 0.2) is 0 Å². The van der Waals surface area contributed by atoms with Gasteiger partial charge < -0.3 is 31.5 Å². The van der Waals surface area contributed by atoms with Crippen molar-refractivity contribution in [2.45, 2.75) is 72.1 Å². The number of quaternary nitrogens is 1. The van der Waals surface area contributed by atoms with Crippen LogP contribution in [0.1, 0.15) is 80.9 Å². The first kappa shape index (κ1) is 38.6. The lowest BCUT2D eigenvalue weighted by atomic mass is 9.93. The van der Waals surface area contributed by atoms with E-state index in [0.29, 0.717) is 30.2 Å². The van der Waals surface area contributed by atoms with Crippen LogP contribution in [0.15, 0.2) is 42.5 Å². The largest absolute Gasteiger partial charge is 1.00 e. The lowest BCUT2D eigenvalue weighted by molar-refractivity contribution is -0.923. The number of anilines is 1. The molecule has 3 N–H and O–H groups in total. The van der Waals surface area contributed by atoms with E-state index in [1.807, 2.05) is 30.3 Å². The highest BCUT2D eigenvalue weighted by molar-refractivity contribution is 6.31. The molecule has 0 bridgehead atoms. The van der Waals surface area contributed by atoms with E-state index in [4.69, 9.17) is 21.3 Å². The highest BCUT2D eigenvalue weighted by atomic mass is 79.9. The number of carbonyl (C=O) groups is 2. The number of ether oxygens (including phenoxy) is 1. The van der Waals surface area contributed by atoms with Crippen molar-refractivity contribution >= 4 is 52.4 Å². The number of pyridine rings is 1. The number of aryl methyl sites for hydroxylation is 1. The van der Waals surface area contributed by atoms with Crippen molar-refractivity contribution in [1.82, 2.24) is 15.7 Å². The van der Waals surface area contributed by atoms with Crippen molar-refractivity contribution in [2.75, 3.05) is 44.8 Å². The Hall–Kier alpha value is -2.59. The van der Waals surface area contributed by atoms with E-state index < -0.39 is 0 Å². The van der Waals surface area contributed by atoms with Gasteiger partial charge in [-0.3, -0.25) is 25.4 Å². The maximum atomic E-state index is 12.6.